The number of hydrogen-bond donors (Lipinski definition) is 3. The molecule has 3 N–H and O–H groups in total. The Balaban J connectivity index is 0.000000293. The highest BCUT2D eigenvalue weighted by atomic mass is 35.5. The first-order chi connectivity index (χ1) is 6.77. The summed E-state index contributed by atoms with van der Waals surface area (Å²) in [6, 6.07) is 3.71. The number of aromatic nitrogens is 1. The Bertz CT molecular complexity index is 293. The van der Waals surface area contributed by atoms with Gasteiger partial charge in [-0.25, -0.2) is 4.98 Å². The third-order valence-corrected chi connectivity index (χ3v) is 1.80. The quantitative estimate of drug-likeness (QED) is 0.575. The van der Waals surface area contributed by atoms with Gasteiger partial charge in [0.1, 0.15) is 5.15 Å². The lowest BCUT2D eigenvalue weighted by Gasteiger charge is -2.18. The number of anilines is 2. The van der Waals surface area contributed by atoms with E-state index in [0.29, 0.717) is 5.15 Å². The van der Waals surface area contributed by atoms with Crippen LogP contribution in [0.25, 0.3) is 0 Å². The van der Waals surface area contributed by atoms with E-state index in [1.165, 1.54) is 0 Å². The molecule has 0 bridgehead atoms. The van der Waals surface area contributed by atoms with Gasteiger partial charge in [0.05, 0.1) is 5.69 Å². The third kappa shape index (κ3) is 3.05. The van der Waals surface area contributed by atoms with E-state index in [0.717, 1.165) is 24.6 Å². The monoisotopic (exact) mass is 215 g/mol. The summed E-state index contributed by atoms with van der Waals surface area (Å²) in [4.78, 5) is 4.11. The Labute approximate surface area is 88.3 Å². The van der Waals surface area contributed by atoms with Gasteiger partial charge in [0.25, 0.3) is 0 Å². The van der Waals surface area contributed by atoms with Crippen LogP contribution >= 0.6 is 11.6 Å². The number of fused-ring (bicyclic) bond motifs is 1. The van der Waals surface area contributed by atoms with E-state index >= 15 is 0 Å². The predicted molar refractivity (Wildman–Crippen MR) is 59.0 cm³/mol. The Hall–Kier alpha value is -1.00. The standard InChI is InChI=1S/C7H8ClN3.C2H6O/c8-6-2-1-5-7(11-6)10-4-3-9-5;1-2-3/h1-2,9H,3-4H2,(H,10,11);3H,2H2,1H3. The lowest BCUT2D eigenvalue weighted by Crippen LogP contribution is -2.21. The average Bonchev–Trinajstić information content (AvgIpc) is 2.19. The van der Waals surface area contributed by atoms with Gasteiger partial charge in [0, 0.05) is 19.7 Å². The van der Waals surface area contributed by atoms with Gasteiger partial charge in [-0.15, -0.1) is 0 Å². The smallest absolute Gasteiger partial charge is 0.151 e. The van der Waals surface area contributed by atoms with Crippen molar-refractivity contribution in [3.8, 4) is 0 Å². The number of pyridine rings is 1. The first kappa shape index (κ1) is 11.1. The second-order valence-electron chi connectivity index (χ2n) is 2.70. The number of aliphatic hydroxyl groups is 1. The molecule has 0 saturated carbocycles. The van der Waals surface area contributed by atoms with Gasteiger partial charge in [0.2, 0.25) is 0 Å². The van der Waals surface area contributed by atoms with Crippen molar-refractivity contribution in [2.24, 2.45) is 0 Å². The number of rotatable bonds is 0. The van der Waals surface area contributed by atoms with Crippen LogP contribution in [-0.4, -0.2) is 29.8 Å². The van der Waals surface area contributed by atoms with Crippen molar-refractivity contribution in [3.63, 3.8) is 0 Å². The molecule has 1 aliphatic rings. The lowest BCUT2D eigenvalue weighted by atomic mass is 10.3. The van der Waals surface area contributed by atoms with Crippen LogP contribution in [0.4, 0.5) is 11.5 Å². The van der Waals surface area contributed by atoms with Crippen molar-refractivity contribution in [1.82, 2.24) is 4.98 Å². The summed E-state index contributed by atoms with van der Waals surface area (Å²) in [5.74, 6) is 0.851. The predicted octanol–water partition coefficient (Wildman–Crippen LogP) is 1.57. The van der Waals surface area contributed by atoms with E-state index in [9.17, 15) is 0 Å². The van der Waals surface area contributed by atoms with Crippen LogP contribution in [-0.2, 0) is 0 Å². The van der Waals surface area contributed by atoms with Gasteiger partial charge in [-0.2, -0.15) is 0 Å². The summed E-state index contributed by atoms with van der Waals surface area (Å²) < 4.78 is 0. The van der Waals surface area contributed by atoms with Gasteiger partial charge in [-0.3, -0.25) is 0 Å². The van der Waals surface area contributed by atoms with Gasteiger partial charge in [-0.05, 0) is 19.1 Å². The maximum absolute atomic E-state index is 7.57. The maximum Gasteiger partial charge on any atom is 0.151 e. The summed E-state index contributed by atoms with van der Waals surface area (Å²) in [7, 11) is 0. The highest BCUT2D eigenvalue weighted by Gasteiger charge is 2.07. The molecule has 2 rings (SSSR count). The second-order valence-corrected chi connectivity index (χ2v) is 3.09. The fourth-order valence-electron chi connectivity index (χ4n) is 1.09. The number of nitrogens with zero attached hydrogens (tertiary/aromatic N) is 1. The zero-order valence-electron chi connectivity index (χ0n) is 8.05. The Morgan fingerprint density at radius 3 is 2.79 bits per heavy atom. The zero-order valence-corrected chi connectivity index (χ0v) is 8.80. The highest BCUT2D eigenvalue weighted by Crippen LogP contribution is 2.23. The second kappa shape index (κ2) is 5.67. The van der Waals surface area contributed by atoms with Crippen LogP contribution in [0, 0.1) is 0 Å². The fraction of sp³-hybridized carbons (Fsp3) is 0.444. The summed E-state index contributed by atoms with van der Waals surface area (Å²) >= 11 is 5.70. The molecule has 78 valence electrons. The zero-order chi connectivity index (χ0) is 10.4. The molecule has 1 aromatic heterocycles. The molecule has 0 radical (unpaired) electrons. The van der Waals surface area contributed by atoms with E-state index < -0.39 is 0 Å². The van der Waals surface area contributed by atoms with Crippen molar-refractivity contribution < 1.29 is 5.11 Å². The van der Waals surface area contributed by atoms with E-state index in [4.69, 9.17) is 16.7 Å². The molecule has 1 aromatic rings. The maximum atomic E-state index is 7.57. The molecule has 14 heavy (non-hydrogen) atoms. The van der Waals surface area contributed by atoms with Gasteiger partial charge in [-0.1, -0.05) is 11.6 Å². The molecule has 2 heterocycles. The normalized spacial score (nSPS) is 12.8. The molecule has 0 saturated heterocycles. The number of hydrogen-bond acceptors (Lipinski definition) is 4. The van der Waals surface area contributed by atoms with Crippen LogP contribution in [0.2, 0.25) is 5.15 Å². The van der Waals surface area contributed by atoms with Crippen LogP contribution in [0.15, 0.2) is 12.1 Å². The molecule has 4 nitrogen and oxygen atoms in total. The highest BCUT2D eigenvalue weighted by molar-refractivity contribution is 6.29. The van der Waals surface area contributed by atoms with E-state index in [1.54, 1.807) is 13.0 Å². The topological polar surface area (TPSA) is 57.2 Å². The molecule has 0 fully saturated rings. The van der Waals surface area contributed by atoms with Crippen molar-refractivity contribution in [2.75, 3.05) is 30.3 Å². The first-order valence-electron chi connectivity index (χ1n) is 4.53. The minimum atomic E-state index is 0.250. The molecule has 5 heteroatoms. The number of nitrogens with one attached hydrogen (secondary N) is 2. The minimum absolute atomic E-state index is 0.250. The molecule has 0 amide bonds. The molecule has 1 aliphatic heterocycles. The third-order valence-electron chi connectivity index (χ3n) is 1.59. The van der Waals surface area contributed by atoms with E-state index in [2.05, 4.69) is 15.6 Å². The van der Waals surface area contributed by atoms with Gasteiger partial charge >= 0.3 is 0 Å². The van der Waals surface area contributed by atoms with Gasteiger partial charge in [0.15, 0.2) is 5.82 Å². The molecule has 0 spiro atoms. The molecular formula is C9H14ClN3O. The summed E-state index contributed by atoms with van der Waals surface area (Å²) in [6.07, 6.45) is 0. The Kier molecular flexibility index (Phi) is 4.49. The van der Waals surface area contributed by atoms with Crippen LogP contribution < -0.4 is 10.6 Å². The van der Waals surface area contributed by atoms with Crippen molar-refractivity contribution >= 4 is 23.1 Å². The van der Waals surface area contributed by atoms with Crippen molar-refractivity contribution in [1.29, 1.82) is 0 Å². The number of halogens is 1. The largest absolute Gasteiger partial charge is 0.397 e. The Morgan fingerprint density at radius 2 is 2.07 bits per heavy atom. The van der Waals surface area contributed by atoms with Crippen molar-refractivity contribution in [2.45, 2.75) is 6.92 Å². The molecule has 0 aromatic carbocycles. The molecule has 0 unspecified atom stereocenters. The minimum Gasteiger partial charge on any atom is -0.397 e. The van der Waals surface area contributed by atoms with E-state index in [-0.39, 0.29) is 6.61 Å². The summed E-state index contributed by atoms with van der Waals surface area (Å²) in [5.41, 5.74) is 1.03. The van der Waals surface area contributed by atoms with Crippen LogP contribution in [0.3, 0.4) is 0 Å². The SMILES string of the molecule is CCO.Clc1ccc2c(n1)NCCN2. The number of aliphatic hydroxyl groups excluding tert-OH is 1. The summed E-state index contributed by atoms with van der Waals surface area (Å²) in [5, 5.41) is 14.4. The molecule has 0 atom stereocenters. The average molecular weight is 216 g/mol. The molecular weight excluding hydrogens is 202 g/mol. The Morgan fingerprint density at radius 1 is 1.43 bits per heavy atom. The van der Waals surface area contributed by atoms with Gasteiger partial charge < -0.3 is 15.7 Å². The van der Waals surface area contributed by atoms with Crippen LogP contribution in [0.1, 0.15) is 6.92 Å². The lowest BCUT2D eigenvalue weighted by molar-refractivity contribution is 0.318. The first-order valence-corrected chi connectivity index (χ1v) is 4.91. The molecule has 0 aliphatic carbocycles. The summed E-state index contributed by atoms with van der Waals surface area (Å²) in [6.45, 7) is 3.77. The van der Waals surface area contributed by atoms with E-state index in [1.807, 2.05) is 6.07 Å². The van der Waals surface area contributed by atoms with Crippen LogP contribution in [0.5, 0.6) is 0 Å². The fourth-order valence-corrected chi connectivity index (χ4v) is 1.24. The van der Waals surface area contributed by atoms with Crippen molar-refractivity contribution in [3.05, 3.63) is 17.3 Å².